The number of fused-ring (bicyclic) bond motifs is 4. The van der Waals surface area contributed by atoms with Crippen LogP contribution in [0.2, 0.25) is 0 Å². The Morgan fingerprint density at radius 3 is 2.06 bits per heavy atom. The molecule has 5 heteroatoms. The topological polar surface area (TPSA) is 48.6 Å². The fraction of sp³-hybridized carbons (Fsp3) is 0.388. The number of hydrogen-bond donors (Lipinski definition) is 0. The summed E-state index contributed by atoms with van der Waals surface area (Å²) in [4.78, 5) is 10.3. The van der Waals surface area contributed by atoms with Gasteiger partial charge in [-0.1, -0.05) is 65.3 Å². The van der Waals surface area contributed by atoms with E-state index in [2.05, 4.69) is 160 Å². The van der Waals surface area contributed by atoms with Gasteiger partial charge < -0.3 is 9.47 Å². The second-order valence-corrected chi connectivity index (χ2v) is 18.7. The van der Waals surface area contributed by atoms with Crippen LogP contribution in [0.4, 0.5) is 0 Å². The zero-order chi connectivity index (χ0) is 38.5. The van der Waals surface area contributed by atoms with E-state index >= 15 is 0 Å². The summed E-state index contributed by atoms with van der Waals surface area (Å²) >= 11 is 0. The molecule has 278 valence electrons. The van der Waals surface area contributed by atoms with Gasteiger partial charge in [-0.05, 0) is 159 Å². The van der Waals surface area contributed by atoms with Gasteiger partial charge in [-0.25, -0.2) is 9.98 Å². The predicted octanol–water partition coefficient (Wildman–Crippen LogP) is 12.9. The third-order valence-corrected chi connectivity index (χ3v) is 12.1. The first-order chi connectivity index (χ1) is 25.3. The number of benzene rings is 4. The Labute approximate surface area is 321 Å². The fourth-order valence-corrected chi connectivity index (χ4v) is 8.85. The molecular formula is C49H55N3O2. The second-order valence-electron chi connectivity index (χ2n) is 18.7. The van der Waals surface area contributed by atoms with E-state index in [1.165, 1.54) is 38.8 Å². The summed E-state index contributed by atoms with van der Waals surface area (Å²) in [6, 6.07) is 26.8. The molecule has 3 heterocycles. The lowest BCUT2D eigenvalue weighted by Gasteiger charge is -2.30. The van der Waals surface area contributed by atoms with Gasteiger partial charge in [-0.3, -0.25) is 4.57 Å². The highest BCUT2D eigenvalue weighted by atomic mass is 16.5. The van der Waals surface area contributed by atoms with Gasteiger partial charge in [0.05, 0.1) is 11.2 Å². The SMILES string of the molecule is Cc1cc(C)c(-c2cc(Oc3cc(-n4c5ccc(C(C)(C)C)cc5c5cc(C)cnc54)cc(C(C)(C)C)c3)cc(C3=N[C@]4(C)CCC[C@]4(C)O3)c2)c(C)c1. The van der Waals surface area contributed by atoms with Crippen molar-refractivity contribution in [2.75, 3.05) is 0 Å². The number of ether oxygens (including phenoxy) is 2. The van der Waals surface area contributed by atoms with Gasteiger partial charge in [-0.15, -0.1) is 0 Å². The Balaban J connectivity index is 1.31. The van der Waals surface area contributed by atoms with E-state index in [4.69, 9.17) is 19.5 Å². The molecule has 0 spiro atoms. The summed E-state index contributed by atoms with van der Waals surface area (Å²) in [5, 5.41) is 2.37. The second kappa shape index (κ2) is 12.3. The van der Waals surface area contributed by atoms with Crippen molar-refractivity contribution in [2.45, 2.75) is 124 Å². The Kier molecular flexibility index (Phi) is 8.23. The van der Waals surface area contributed by atoms with Crippen LogP contribution in [0.25, 0.3) is 38.8 Å². The Morgan fingerprint density at radius 2 is 1.37 bits per heavy atom. The standard InChI is InChI=1S/C49H55N3O2/c1-29-18-31(3)43(32(4)19-29)33-21-34(45-51-48(11)16-13-17-49(48,12)54-45)23-38(22-33)53-39-25-36(47(8,9)10)24-37(27-39)52-42-15-14-35(46(5,6)7)26-40(42)41-20-30(2)28-50-44(41)52/h14-15,18-28H,13,16-17H2,1-12H3/t48-,49+/m1/s1. The van der Waals surface area contributed by atoms with Crippen molar-refractivity contribution >= 4 is 27.8 Å². The molecule has 54 heavy (non-hydrogen) atoms. The molecule has 1 fully saturated rings. The predicted molar refractivity (Wildman–Crippen MR) is 225 cm³/mol. The lowest BCUT2D eigenvalue weighted by atomic mass is 9.86. The van der Waals surface area contributed by atoms with Crippen LogP contribution in [-0.4, -0.2) is 26.6 Å². The summed E-state index contributed by atoms with van der Waals surface area (Å²) < 4.78 is 16.1. The van der Waals surface area contributed by atoms with Crippen LogP contribution in [0.1, 0.15) is 114 Å². The minimum absolute atomic E-state index is 0.0272. The lowest BCUT2D eigenvalue weighted by molar-refractivity contribution is 0.0580. The minimum Gasteiger partial charge on any atom is -0.469 e. The average Bonchev–Trinajstić information content (AvgIpc) is 3.64. The van der Waals surface area contributed by atoms with Gasteiger partial charge in [0.15, 0.2) is 0 Å². The molecule has 1 aliphatic carbocycles. The van der Waals surface area contributed by atoms with Crippen molar-refractivity contribution < 1.29 is 9.47 Å². The number of aryl methyl sites for hydroxylation is 4. The summed E-state index contributed by atoms with van der Waals surface area (Å²) in [5.41, 5.74) is 13.1. The molecule has 5 nitrogen and oxygen atoms in total. The van der Waals surface area contributed by atoms with Crippen LogP contribution >= 0.6 is 0 Å². The smallest absolute Gasteiger partial charge is 0.217 e. The number of hydrogen-bond acceptors (Lipinski definition) is 4. The van der Waals surface area contributed by atoms with E-state index < -0.39 is 0 Å². The molecule has 6 aromatic rings. The highest BCUT2D eigenvalue weighted by Gasteiger charge is 2.55. The zero-order valence-corrected chi connectivity index (χ0v) is 34.3. The number of aromatic nitrogens is 2. The van der Waals surface area contributed by atoms with E-state index in [1.54, 1.807) is 0 Å². The quantitative estimate of drug-likeness (QED) is 0.178. The maximum Gasteiger partial charge on any atom is 0.217 e. The maximum atomic E-state index is 7.03. The highest BCUT2D eigenvalue weighted by molar-refractivity contribution is 6.08. The molecule has 2 aliphatic rings. The number of aliphatic imine (C=N–C) groups is 1. The maximum absolute atomic E-state index is 7.03. The normalized spacial score (nSPS) is 20.0. The van der Waals surface area contributed by atoms with Crippen molar-refractivity contribution in [3.05, 3.63) is 118 Å². The summed E-state index contributed by atoms with van der Waals surface area (Å²) in [6.07, 6.45) is 5.14. The first-order valence-corrected chi connectivity index (χ1v) is 19.6. The van der Waals surface area contributed by atoms with E-state index in [0.29, 0.717) is 5.90 Å². The summed E-state index contributed by atoms with van der Waals surface area (Å²) in [6.45, 7) is 26.7. The molecular weight excluding hydrogens is 663 g/mol. The van der Waals surface area contributed by atoms with E-state index in [-0.39, 0.29) is 22.0 Å². The average molecular weight is 718 g/mol. The van der Waals surface area contributed by atoms with E-state index in [1.807, 2.05) is 6.20 Å². The highest BCUT2D eigenvalue weighted by Crippen LogP contribution is 2.49. The molecule has 2 aromatic heterocycles. The minimum atomic E-state index is -0.298. The van der Waals surface area contributed by atoms with Crippen LogP contribution in [0.15, 0.2) is 84.0 Å². The van der Waals surface area contributed by atoms with Gasteiger partial charge in [0, 0.05) is 28.6 Å². The van der Waals surface area contributed by atoms with Crippen LogP contribution in [0.5, 0.6) is 11.5 Å². The first kappa shape index (κ1) is 36.1. The molecule has 0 N–H and O–H groups in total. The molecule has 0 saturated heterocycles. The van der Waals surface area contributed by atoms with Gasteiger partial charge in [0.2, 0.25) is 5.90 Å². The molecule has 0 bridgehead atoms. The summed E-state index contributed by atoms with van der Waals surface area (Å²) in [5.74, 6) is 2.24. The van der Waals surface area contributed by atoms with Gasteiger partial charge in [-0.2, -0.15) is 0 Å². The van der Waals surface area contributed by atoms with Crippen molar-refractivity contribution in [3.63, 3.8) is 0 Å². The van der Waals surface area contributed by atoms with Gasteiger partial charge >= 0.3 is 0 Å². The van der Waals surface area contributed by atoms with Crippen molar-refractivity contribution in [1.82, 2.24) is 9.55 Å². The van der Waals surface area contributed by atoms with Crippen molar-refractivity contribution in [1.29, 1.82) is 0 Å². The molecule has 0 radical (unpaired) electrons. The molecule has 0 unspecified atom stereocenters. The Hall–Kier alpha value is -4.90. The van der Waals surface area contributed by atoms with Gasteiger partial charge in [0.1, 0.15) is 28.3 Å². The molecule has 4 aromatic carbocycles. The molecule has 1 saturated carbocycles. The fourth-order valence-electron chi connectivity index (χ4n) is 8.85. The molecule has 0 amide bonds. The van der Waals surface area contributed by atoms with E-state index in [0.717, 1.165) is 69.7 Å². The number of rotatable bonds is 5. The number of nitrogens with zero attached hydrogens (tertiary/aromatic N) is 3. The number of pyridine rings is 1. The van der Waals surface area contributed by atoms with Crippen LogP contribution in [-0.2, 0) is 15.6 Å². The van der Waals surface area contributed by atoms with Crippen molar-refractivity contribution in [2.24, 2.45) is 4.99 Å². The van der Waals surface area contributed by atoms with E-state index in [9.17, 15) is 0 Å². The largest absolute Gasteiger partial charge is 0.469 e. The Morgan fingerprint density at radius 1 is 0.685 bits per heavy atom. The summed E-state index contributed by atoms with van der Waals surface area (Å²) in [7, 11) is 0. The molecule has 2 atom stereocenters. The first-order valence-electron chi connectivity index (χ1n) is 19.6. The Bertz CT molecular complexity index is 2500. The molecule has 1 aliphatic heterocycles. The monoisotopic (exact) mass is 717 g/mol. The van der Waals surface area contributed by atoms with Crippen molar-refractivity contribution in [3.8, 4) is 28.3 Å². The van der Waals surface area contributed by atoms with Crippen LogP contribution in [0, 0.1) is 27.7 Å². The van der Waals surface area contributed by atoms with Crippen LogP contribution in [0.3, 0.4) is 0 Å². The zero-order valence-electron chi connectivity index (χ0n) is 34.3. The van der Waals surface area contributed by atoms with Gasteiger partial charge in [0.25, 0.3) is 0 Å². The molecule has 8 rings (SSSR count). The van der Waals surface area contributed by atoms with Crippen LogP contribution < -0.4 is 4.74 Å². The third-order valence-electron chi connectivity index (χ3n) is 12.1. The third kappa shape index (κ3) is 6.10. The lowest BCUT2D eigenvalue weighted by Crippen LogP contribution is -2.41.